The lowest BCUT2D eigenvalue weighted by Gasteiger charge is -2.24. The van der Waals surface area contributed by atoms with Crippen LogP contribution in [0.15, 0.2) is 42.7 Å². The van der Waals surface area contributed by atoms with Gasteiger partial charge in [0.1, 0.15) is 0 Å². The molecule has 0 saturated carbocycles. The number of aromatic nitrogens is 3. The van der Waals surface area contributed by atoms with Crippen molar-refractivity contribution in [3.63, 3.8) is 0 Å². The summed E-state index contributed by atoms with van der Waals surface area (Å²) in [5.74, 6) is 0.0862. The third-order valence-corrected chi connectivity index (χ3v) is 4.70. The fourth-order valence-electron chi connectivity index (χ4n) is 3.61. The van der Waals surface area contributed by atoms with Crippen LogP contribution >= 0.6 is 0 Å². The third-order valence-electron chi connectivity index (χ3n) is 4.70. The predicted molar refractivity (Wildman–Crippen MR) is 92.7 cm³/mol. The van der Waals surface area contributed by atoms with Gasteiger partial charge in [0.2, 0.25) is 0 Å². The number of hydrogen-bond acceptors (Lipinski definition) is 3. The highest BCUT2D eigenvalue weighted by molar-refractivity contribution is 6.06. The maximum Gasteiger partial charge on any atom is 0.255 e. The summed E-state index contributed by atoms with van der Waals surface area (Å²) in [5.41, 5.74) is 3.60. The lowest BCUT2D eigenvalue weighted by Crippen LogP contribution is -2.30. The van der Waals surface area contributed by atoms with E-state index in [0.29, 0.717) is 0 Å². The molecule has 5 nitrogen and oxygen atoms in total. The van der Waals surface area contributed by atoms with E-state index in [9.17, 15) is 4.79 Å². The van der Waals surface area contributed by atoms with Crippen LogP contribution in [0.1, 0.15) is 40.5 Å². The number of pyridine rings is 1. The van der Waals surface area contributed by atoms with Crippen molar-refractivity contribution < 1.29 is 4.79 Å². The van der Waals surface area contributed by atoms with Gasteiger partial charge in [-0.25, -0.2) is 0 Å². The van der Waals surface area contributed by atoms with Gasteiger partial charge in [-0.05, 0) is 31.9 Å². The molecule has 0 N–H and O–H groups in total. The minimum Gasteiger partial charge on any atom is -0.331 e. The van der Waals surface area contributed by atoms with Gasteiger partial charge in [0.25, 0.3) is 5.91 Å². The summed E-state index contributed by atoms with van der Waals surface area (Å²) in [6.07, 6.45) is 5.88. The Morgan fingerprint density at radius 1 is 1.29 bits per heavy atom. The van der Waals surface area contributed by atoms with Crippen LogP contribution in [0.5, 0.6) is 0 Å². The number of likely N-dealkylation sites (tertiary alicyclic amines) is 1. The zero-order valence-electron chi connectivity index (χ0n) is 13.9. The summed E-state index contributed by atoms with van der Waals surface area (Å²) in [6, 6.07) is 9.86. The average molecular weight is 320 g/mol. The molecule has 1 amide bonds. The van der Waals surface area contributed by atoms with Crippen LogP contribution in [0.4, 0.5) is 0 Å². The van der Waals surface area contributed by atoms with E-state index in [1.807, 2.05) is 61.6 Å². The smallest absolute Gasteiger partial charge is 0.255 e. The summed E-state index contributed by atoms with van der Waals surface area (Å²) in [6.45, 7) is 2.72. The van der Waals surface area contributed by atoms with Gasteiger partial charge >= 0.3 is 0 Å². The third kappa shape index (κ3) is 2.46. The van der Waals surface area contributed by atoms with Gasteiger partial charge in [-0.2, -0.15) is 5.10 Å². The summed E-state index contributed by atoms with van der Waals surface area (Å²) < 4.78 is 1.79. The van der Waals surface area contributed by atoms with E-state index in [1.165, 1.54) is 0 Å². The molecule has 0 unspecified atom stereocenters. The minimum absolute atomic E-state index is 0.0862. The van der Waals surface area contributed by atoms with Crippen LogP contribution in [0.2, 0.25) is 0 Å². The van der Waals surface area contributed by atoms with Crippen molar-refractivity contribution in [2.24, 2.45) is 7.05 Å². The summed E-state index contributed by atoms with van der Waals surface area (Å²) in [4.78, 5) is 19.8. The second-order valence-corrected chi connectivity index (χ2v) is 6.43. The summed E-state index contributed by atoms with van der Waals surface area (Å²) in [7, 11) is 1.91. The second-order valence-electron chi connectivity index (χ2n) is 6.43. The number of fused-ring (bicyclic) bond motifs is 1. The molecule has 1 saturated heterocycles. The molecule has 2 aromatic heterocycles. The Bertz CT molecular complexity index is 915. The zero-order valence-corrected chi connectivity index (χ0v) is 13.9. The molecule has 0 radical (unpaired) electrons. The van der Waals surface area contributed by atoms with Crippen LogP contribution in [0.25, 0.3) is 10.9 Å². The Morgan fingerprint density at radius 2 is 2.12 bits per heavy atom. The molecule has 0 bridgehead atoms. The highest BCUT2D eigenvalue weighted by atomic mass is 16.2. The molecule has 3 heterocycles. The summed E-state index contributed by atoms with van der Waals surface area (Å²) in [5, 5.41) is 5.18. The standard InChI is InChI=1S/C19H20N4O/c1-13-10-16(15-6-3-4-7-17(15)21-13)19(24)23-9-5-8-18(23)14-11-20-22(2)12-14/h3-4,6-7,10-12,18H,5,8-9H2,1-2H3/t18-/m0/s1. The quantitative estimate of drug-likeness (QED) is 0.728. The molecule has 122 valence electrons. The monoisotopic (exact) mass is 320 g/mol. The number of hydrogen-bond donors (Lipinski definition) is 0. The SMILES string of the molecule is Cc1cc(C(=O)N2CCC[C@H]2c2cnn(C)c2)c2ccccc2n1. The van der Waals surface area contributed by atoms with Crippen LogP contribution in [0.3, 0.4) is 0 Å². The molecule has 1 fully saturated rings. The van der Waals surface area contributed by atoms with E-state index in [2.05, 4.69) is 10.1 Å². The van der Waals surface area contributed by atoms with Crippen molar-refractivity contribution in [1.82, 2.24) is 19.7 Å². The maximum atomic E-state index is 13.3. The number of rotatable bonds is 2. The van der Waals surface area contributed by atoms with Gasteiger partial charge in [-0.1, -0.05) is 18.2 Å². The number of carbonyl (C=O) groups excluding carboxylic acids is 1. The van der Waals surface area contributed by atoms with Crippen molar-refractivity contribution in [2.45, 2.75) is 25.8 Å². The lowest BCUT2D eigenvalue weighted by atomic mass is 10.0. The summed E-state index contributed by atoms with van der Waals surface area (Å²) >= 11 is 0. The van der Waals surface area contributed by atoms with E-state index < -0.39 is 0 Å². The Balaban J connectivity index is 1.76. The maximum absolute atomic E-state index is 13.3. The molecule has 5 heteroatoms. The molecule has 1 aliphatic rings. The number of nitrogens with zero attached hydrogens (tertiary/aromatic N) is 4. The average Bonchev–Trinajstić information content (AvgIpc) is 3.21. The Morgan fingerprint density at radius 3 is 2.92 bits per heavy atom. The van der Waals surface area contributed by atoms with E-state index >= 15 is 0 Å². The molecular formula is C19H20N4O. The molecule has 4 rings (SSSR count). The minimum atomic E-state index is 0.0862. The first kappa shape index (κ1) is 14.9. The van der Waals surface area contributed by atoms with Gasteiger partial charge < -0.3 is 4.90 Å². The molecule has 0 aliphatic carbocycles. The van der Waals surface area contributed by atoms with Crippen LogP contribution in [-0.2, 0) is 7.05 Å². The van der Waals surface area contributed by atoms with Crippen LogP contribution in [0, 0.1) is 6.92 Å². The van der Waals surface area contributed by atoms with Crippen LogP contribution < -0.4 is 0 Å². The zero-order chi connectivity index (χ0) is 16.7. The number of amides is 1. The molecule has 1 atom stereocenters. The van der Waals surface area contributed by atoms with Crippen molar-refractivity contribution in [2.75, 3.05) is 6.54 Å². The Labute approximate surface area is 140 Å². The molecule has 0 spiro atoms. The number of carbonyl (C=O) groups is 1. The fourth-order valence-corrected chi connectivity index (χ4v) is 3.61. The number of aryl methyl sites for hydroxylation is 2. The Kier molecular flexibility index (Phi) is 3.56. The van der Waals surface area contributed by atoms with E-state index in [-0.39, 0.29) is 11.9 Å². The van der Waals surface area contributed by atoms with Crippen molar-refractivity contribution in [3.05, 3.63) is 59.5 Å². The van der Waals surface area contributed by atoms with Crippen molar-refractivity contribution in [3.8, 4) is 0 Å². The molecule has 1 aromatic carbocycles. The van der Waals surface area contributed by atoms with E-state index in [0.717, 1.165) is 47.1 Å². The van der Waals surface area contributed by atoms with E-state index in [1.54, 1.807) is 4.68 Å². The van der Waals surface area contributed by atoms with Gasteiger partial charge in [0.15, 0.2) is 0 Å². The molecule has 24 heavy (non-hydrogen) atoms. The molecule has 1 aliphatic heterocycles. The van der Waals surface area contributed by atoms with Gasteiger partial charge in [-0.15, -0.1) is 0 Å². The largest absolute Gasteiger partial charge is 0.331 e. The Hall–Kier alpha value is -2.69. The number of benzene rings is 1. The first-order valence-electron chi connectivity index (χ1n) is 8.29. The first-order valence-corrected chi connectivity index (χ1v) is 8.29. The van der Waals surface area contributed by atoms with Crippen molar-refractivity contribution >= 4 is 16.8 Å². The highest BCUT2D eigenvalue weighted by Gasteiger charge is 2.32. The predicted octanol–water partition coefficient (Wildman–Crippen LogP) is 3.25. The fraction of sp³-hybridized carbons (Fsp3) is 0.316. The highest BCUT2D eigenvalue weighted by Crippen LogP contribution is 2.34. The molecule has 3 aromatic rings. The van der Waals surface area contributed by atoms with Crippen LogP contribution in [-0.4, -0.2) is 32.1 Å². The van der Waals surface area contributed by atoms with Gasteiger partial charge in [0.05, 0.1) is 23.3 Å². The van der Waals surface area contributed by atoms with Gasteiger partial charge in [-0.3, -0.25) is 14.5 Å². The second kappa shape index (κ2) is 5.74. The lowest BCUT2D eigenvalue weighted by molar-refractivity contribution is 0.0737. The topological polar surface area (TPSA) is 51.0 Å². The first-order chi connectivity index (χ1) is 11.6. The number of para-hydroxylation sites is 1. The van der Waals surface area contributed by atoms with Gasteiger partial charge in [0, 0.05) is 36.4 Å². The molecular weight excluding hydrogens is 300 g/mol. The van der Waals surface area contributed by atoms with Crippen molar-refractivity contribution in [1.29, 1.82) is 0 Å². The van der Waals surface area contributed by atoms with E-state index in [4.69, 9.17) is 0 Å². The normalized spacial score (nSPS) is 17.6.